The van der Waals surface area contributed by atoms with Gasteiger partial charge in [0.2, 0.25) is 0 Å². The molecule has 1 aromatic heterocycles. The Morgan fingerprint density at radius 3 is 2.45 bits per heavy atom. The Kier molecular flexibility index (Phi) is 5.41. The molecule has 2 N–H and O–H groups in total. The molecule has 0 aliphatic rings. The van der Waals surface area contributed by atoms with Gasteiger partial charge < -0.3 is 10.6 Å². The minimum absolute atomic E-state index is 0.235. The molecule has 1 aromatic carbocycles. The summed E-state index contributed by atoms with van der Waals surface area (Å²) in [5.74, 6) is 0.491. The van der Waals surface area contributed by atoms with Crippen molar-refractivity contribution in [2.75, 3.05) is 11.9 Å². The first kappa shape index (κ1) is 15.9. The Hall–Kier alpha value is -2.50. The maximum atomic E-state index is 12.8. The lowest BCUT2D eigenvalue weighted by molar-refractivity contribution is 0.0946. The highest BCUT2D eigenvalue weighted by Crippen LogP contribution is 2.14. The minimum Gasteiger partial charge on any atom is -0.351 e. The zero-order valence-corrected chi connectivity index (χ0v) is 12.6. The molecule has 6 heteroatoms. The molecule has 0 bridgehead atoms. The van der Waals surface area contributed by atoms with Gasteiger partial charge in [-0.05, 0) is 48.7 Å². The summed E-state index contributed by atoms with van der Waals surface area (Å²) in [4.78, 5) is 11.9. The molecule has 1 amide bonds. The summed E-state index contributed by atoms with van der Waals surface area (Å²) in [6.07, 6.45) is 0.920. The van der Waals surface area contributed by atoms with Crippen LogP contribution < -0.4 is 10.6 Å². The summed E-state index contributed by atoms with van der Waals surface area (Å²) in [5.41, 5.74) is 0.971. The van der Waals surface area contributed by atoms with E-state index in [0.717, 1.165) is 6.42 Å². The van der Waals surface area contributed by atoms with Crippen molar-refractivity contribution in [2.45, 2.75) is 20.3 Å². The molecule has 0 radical (unpaired) electrons. The fourth-order valence-corrected chi connectivity index (χ4v) is 1.77. The number of amides is 1. The second-order valence-electron chi connectivity index (χ2n) is 5.37. The molecule has 2 aromatic rings. The van der Waals surface area contributed by atoms with Crippen molar-refractivity contribution in [3.8, 4) is 0 Å². The summed E-state index contributed by atoms with van der Waals surface area (Å²) in [7, 11) is 0. The maximum absolute atomic E-state index is 12.8. The van der Waals surface area contributed by atoms with Crippen LogP contribution in [0.5, 0.6) is 0 Å². The monoisotopic (exact) mass is 302 g/mol. The quantitative estimate of drug-likeness (QED) is 0.860. The number of anilines is 2. The predicted octanol–water partition coefficient (Wildman–Crippen LogP) is 3.14. The molecule has 0 aliphatic carbocycles. The second kappa shape index (κ2) is 7.49. The van der Waals surface area contributed by atoms with E-state index < -0.39 is 0 Å². The number of hydrogen-bond donors (Lipinski definition) is 2. The first-order valence-corrected chi connectivity index (χ1v) is 7.19. The van der Waals surface area contributed by atoms with Gasteiger partial charge in [0, 0.05) is 12.2 Å². The fraction of sp³-hybridized carbons (Fsp3) is 0.312. The van der Waals surface area contributed by atoms with Crippen molar-refractivity contribution in [2.24, 2.45) is 5.92 Å². The second-order valence-corrected chi connectivity index (χ2v) is 5.37. The van der Waals surface area contributed by atoms with Gasteiger partial charge in [-0.15, -0.1) is 10.2 Å². The third kappa shape index (κ3) is 4.80. The first-order valence-electron chi connectivity index (χ1n) is 7.19. The molecule has 0 spiro atoms. The number of hydrogen-bond acceptors (Lipinski definition) is 4. The van der Waals surface area contributed by atoms with Crippen molar-refractivity contribution in [3.05, 3.63) is 47.9 Å². The Morgan fingerprint density at radius 1 is 1.14 bits per heavy atom. The number of halogens is 1. The van der Waals surface area contributed by atoms with E-state index in [2.05, 4.69) is 34.7 Å². The Morgan fingerprint density at radius 2 is 1.86 bits per heavy atom. The fourth-order valence-electron chi connectivity index (χ4n) is 1.77. The number of carbonyl (C=O) groups excluding carboxylic acids is 1. The standard InChI is InChI=1S/C16H19FN4O/c1-11(2)9-10-18-16(22)14-7-8-15(21-20-14)19-13-5-3-12(17)4-6-13/h3-8,11H,9-10H2,1-2H3,(H,18,22)(H,19,21). The number of benzene rings is 1. The van der Waals surface area contributed by atoms with Crippen molar-refractivity contribution in [1.82, 2.24) is 15.5 Å². The zero-order valence-electron chi connectivity index (χ0n) is 12.6. The van der Waals surface area contributed by atoms with E-state index in [0.29, 0.717) is 24.0 Å². The molecule has 116 valence electrons. The zero-order chi connectivity index (χ0) is 15.9. The normalized spacial score (nSPS) is 10.5. The highest BCUT2D eigenvalue weighted by atomic mass is 19.1. The van der Waals surface area contributed by atoms with Crippen molar-refractivity contribution in [3.63, 3.8) is 0 Å². The van der Waals surface area contributed by atoms with E-state index in [-0.39, 0.29) is 17.4 Å². The van der Waals surface area contributed by atoms with Crippen LogP contribution in [0.2, 0.25) is 0 Å². The van der Waals surface area contributed by atoms with Gasteiger partial charge in [-0.25, -0.2) is 4.39 Å². The molecule has 0 unspecified atom stereocenters. The third-order valence-electron chi connectivity index (χ3n) is 3.02. The van der Waals surface area contributed by atoms with Gasteiger partial charge in [-0.3, -0.25) is 4.79 Å². The van der Waals surface area contributed by atoms with Crippen molar-refractivity contribution >= 4 is 17.4 Å². The molecular formula is C16H19FN4O. The summed E-state index contributed by atoms with van der Waals surface area (Å²) in [6.45, 7) is 4.82. The van der Waals surface area contributed by atoms with Crippen LogP contribution in [0.4, 0.5) is 15.9 Å². The smallest absolute Gasteiger partial charge is 0.271 e. The van der Waals surface area contributed by atoms with Gasteiger partial charge in [0.05, 0.1) is 0 Å². The summed E-state index contributed by atoms with van der Waals surface area (Å²) in [5, 5.41) is 13.6. The van der Waals surface area contributed by atoms with E-state index in [9.17, 15) is 9.18 Å². The molecule has 1 heterocycles. The molecule has 5 nitrogen and oxygen atoms in total. The summed E-state index contributed by atoms with van der Waals surface area (Å²) >= 11 is 0. The molecule has 22 heavy (non-hydrogen) atoms. The first-order chi connectivity index (χ1) is 10.5. The molecule has 0 aliphatic heterocycles. The lowest BCUT2D eigenvalue weighted by atomic mass is 10.1. The average Bonchev–Trinajstić information content (AvgIpc) is 2.50. The molecule has 2 rings (SSSR count). The molecular weight excluding hydrogens is 283 g/mol. The van der Waals surface area contributed by atoms with Crippen molar-refractivity contribution in [1.29, 1.82) is 0 Å². The average molecular weight is 302 g/mol. The van der Waals surface area contributed by atoms with Gasteiger partial charge in [-0.1, -0.05) is 13.8 Å². The van der Waals surface area contributed by atoms with E-state index >= 15 is 0 Å². The summed E-state index contributed by atoms with van der Waals surface area (Å²) in [6, 6.07) is 9.17. The number of nitrogens with zero attached hydrogens (tertiary/aromatic N) is 2. The molecule has 0 saturated heterocycles. The molecule has 0 fully saturated rings. The van der Waals surface area contributed by atoms with Crippen molar-refractivity contribution < 1.29 is 9.18 Å². The highest BCUT2D eigenvalue weighted by Gasteiger charge is 2.08. The van der Waals surface area contributed by atoms with Crippen LogP contribution in [0, 0.1) is 11.7 Å². The minimum atomic E-state index is -0.301. The topological polar surface area (TPSA) is 66.9 Å². The third-order valence-corrected chi connectivity index (χ3v) is 3.02. The summed E-state index contributed by atoms with van der Waals surface area (Å²) < 4.78 is 12.8. The number of aromatic nitrogens is 2. The highest BCUT2D eigenvalue weighted by molar-refractivity contribution is 5.92. The van der Waals surface area contributed by atoms with E-state index in [1.54, 1.807) is 24.3 Å². The Balaban J connectivity index is 1.92. The van der Waals surface area contributed by atoms with Crippen LogP contribution in [0.1, 0.15) is 30.8 Å². The lowest BCUT2D eigenvalue weighted by Gasteiger charge is -2.07. The van der Waals surface area contributed by atoms with Crippen LogP contribution in [-0.2, 0) is 0 Å². The molecule has 0 atom stereocenters. The Bertz CT molecular complexity index is 611. The number of carbonyl (C=O) groups is 1. The van der Waals surface area contributed by atoms with Gasteiger partial charge >= 0.3 is 0 Å². The van der Waals surface area contributed by atoms with E-state index in [1.807, 2.05) is 0 Å². The SMILES string of the molecule is CC(C)CCNC(=O)c1ccc(Nc2ccc(F)cc2)nn1. The van der Waals surface area contributed by atoms with Crippen LogP contribution in [-0.4, -0.2) is 22.6 Å². The largest absolute Gasteiger partial charge is 0.351 e. The van der Waals surface area contributed by atoms with Crippen LogP contribution in [0.3, 0.4) is 0 Å². The number of nitrogens with one attached hydrogen (secondary N) is 2. The van der Waals surface area contributed by atoms with Crippen LogP contribution in [0.25, 0.3) is 0 Å². The van der Waals surface area contributed by atoms with Crippen LogP contribution >= 0.6 is 0 Å². The van der Waals surface area contributed by atoms with Crippen LogP contribution in [0.15, 0.2) is 36.4 Å². The predicted molar refractivity (Wildman–Crippen MR) is 83.5 cm³/mol. The number of rotatable bonds is 6. The lowest BCUT2D eigenvalue weighted by Crippen LogP contribution is -2.26. The Labute approximate surface area is 129 Å². The van der Waals surface area contributed by atoms with Gasteiger partial charge in [-0.2, -0.15) is 0 Å². The van der Waals surface area contributed by atoms with E-state index in [4.69, 9.17) is 0 Å². The van der Waals surface area contributed by atoms with E-state index in [1.165, 1.54) is 12.1 Å². The maximum Gasteiger partial charge on any atom is 0.271 e. The van der Waals surface area contributed by atoms with Gasteiger partial charge in [0.25, 0.3) is 5.91 Å². The molecule has 0 saturated carbocycles. The van der Waals surface area contributed by atoms with Gasteiger partial charge in [0.1, 0.15) is 5.82 Å². The van der Waals surface area contributed by atoms with Gasteiger partial charge in [0.15, 0.2) is 11.5 Å².